The predicted octanol–water partition coefficient (Wildman–Crippen LogP) is 3.38. The van der Waals surface area contributed by atoms with Crippen LogP contribution in [0.1, 0.15) is 36.9 Å². The molecule has 0 saturated heterocycles. The number of benzene rings is 1. The first-order valence-electron chi connectivity index (χ1n) is 7.08. The van der Waals surface area contributed by atoms with Crippen LogP contribution in [0.3, 0.4) is 0 Å². The second-order valence-electron chi connectivity index (χ2n) is 5.30. The third-order valence-corrected chi connectivity index (χ3v) is 4.08. The van der Waals surface area contributed by atoms with Gasteiger partial charge in [0.25, 0.3) is 0 Å². The Balaban J connectivity index is 2.12. The van der Waals surface area contributed by atoms with E-state index >= 15 is 0 Å². The van der Waals surface area contributed by atoms with Crippen molar-refractivity contribution in [2.24, 2.45) is 0 Å². The van der Waals surface area contributed by atoms with Gasteiger partial charge in [0.2, 0.25) is 0 Å². The number of carbonyl (C=O) groups is 1. The van der Waals surface area contributed by atoms with Crippen LogP contribution in [0.15, 0.2) is 24.3 Å². The van der Waals surface area contributed by atoms with Crippen molar-refractivity contribution >= 4 is 16.9 Å². The van der Waals surface area contributed by atoms with E-state index in [4.69, 9.17) is 5.11 Å². The van der Waals surface area contributed by atoms with Gasteiger partial charge in [0.1, 0.15) is 0 Å². The van der Waals surface area contributed by atoms with Crippen LogP contribution in [0.4, 0.5) is 0 Å². The van der Waals surface area contributed by atoms with E-state index in [9.17, 15) is 4.79 Å². The lowest BCUT2D eigenvalue weighted by molar-refractivity contribution is -0.137. The van der Waals surface area contributed by atoms with Crippen LogP contribution < -0.4 is 0 Å². The van der Waals surface area contributed by atoms with Crippen LogP contribution in [-0.4, -0.2) is 15.6 Å². The van der Waals surface area contributed by atoms with Gasteiger partial charge >= 0.3 is 5.97 Å². The number of aryl methyl sites for hydroxylation is 2. The minimum atomic E-state index is -0.722. The van der Waals surface area contributed by atoms with E-state index in [-0.39, 0.29) is 6.42 Å². The monoisotopic (exact) mass is 257 g/mol. The van der Waals surface area contributed by atoms with Gasteiger partial charge in [-0.3, -0.25) is 4.79 Å². The molecule has 3 heteroatoms. The summed E-state index contributed by atoms with van der Waals surface area (Å²) in [5.74, 6) is -0.722. The molecule has 2 aromatic rings. The second-order valence-corrected chi connectivity index (χ2v) is 5.30. The zero-order chi connectivity index (χ0) is 13.2. The first-order valence-corrected chi connectivity index (χ1v) is 7.08. The number of hydrogen-bond donors (Lipinski definition) is 1. The Bertz CT molecular complexity index is 612. The fourth-order valence-electron chi connectivity index (χ4n) is 3.23. The molecular weight excluding hydrogens is 238 g/mol. The van der Waals surface area contributed by atoms with E-state index in [1.165, 1.54) is 41.4 Å². The molecule has 0 aliphatic heterocycles. The maximum atomic E-state index is 10.9. The predicted molar refractivity (Wildman–Crippen MR) is 75.4 cm³/mol. The fourth-order valence-corrected chi connectivity index (χ4v) is 3.23. The summed E-state index contributed by atoms with van der Waals surface area (Å²) < 4.78 is 2.24. The number of para-hydroxylation sites is 1. The van der Waals surface area contributed by atoms with Crippen molar-refractivity contribution in [3.8, 4) is 0 Å². The average molecular weight is 257 g/mol. The summed E-state index contributed by atoms with van der Waals surface area (Å²) in [6.07, 6.45) is 6.17. The number of nitrogens with zero attached hydrogens (tertiary/aromatic N) is 1. The number of aromatic nitrogens is 1. The Morgan fingerprint density at radius 1 is 1.16 bits per heavy atom. The smallest absolute Gasteiger partial charge is 0.305 e. The van der Waals surface area contributed by atoms with Gasteiger partial charge in [0.15, 0.2) is 0 Å². The van der Waals surface area contributed by atoms with Gasteiger partial charge in [0, 0.05) is 23.1 Å². The van der Waals surface area contributed by atoms with Gasteiger partial charge in [-0.2, -0.15) is 0 Å². The third-order valence-electron chi connectivity index (χ3n) is 4.08. The van der Waals surface area contributed by atoms with Crippen LogP contribution >= 0.6 is 0 Å². The number of carboxylic acids is 1. The lowest BCUT2D eigenvalue weighted by Gasteiger charge is -2.09. The number of rotatable bonds is 3. The zero-order valence-corrected chi connectivity index (χ0v) is 11.1. The van der Waals surface area contributed by atoms with Crippen molar-refractivity contribution in [1.82, 2.24) is 4.57 Å². The first kappa shape index (κ1) is 12.3. The molecule has 1 aliphatic rings. The molecule has 1 N–H and O–H groups in total. The lowest BCUT2D eigenvalue weighted by Crippen LogP contribution is -2.08. The maximum absolute atomic E-state index is 10.9. The highest BCUT2D eigenvalue weighted by Crippen LogP contribution is 2.31. The molecule has 19 heavy (non-hydrogen) atoms. The molecule has 1 heterocycles. The van der Waals surface area contributed by atoms with E-state index in [0.717, 1.165) is 12.8 Å². The van der Waals surface area contributed by atoms with Crippen molar-refractivity contribution in [3.05, 3.63) is 35.5 Å². The molecule has 1 aliphatic carbocycles. The molecule has 0 fully saturated rings. The molecule has 0 bridgehead atoms. The second kappa shape index (κ2) is 5.08. The summed E-state index contributed by atoms with van der Waals surface area (Å²) in [5, 5.41) is 10.3. The largest absolute Gasteiger partial charge is 0.481 e. The van der Waals surface area contributed by atoms with Crippen molar-refractivity contribution in [2.45, 2.75) is 45.1 Å². The van der Waals surface area contributed by atoms with Crippen LogP contribution in [-0.2, 0) is 24.2 Å². The van der Waals surface area contributed by atoms with Crippen molar-refractivity contribution in [1.29, 1.82) is 0 Å². The van der Waals surface area contributed by atoms with E-state index in [1.54, 1.807) is 0 Å². The third kappa shape index (κ3) is 2.25. The van der Waals surface area contributed by atoms with Crippen molar-refractivity contribution in [3.63, 3.8) is 0 Å². The molecule has 1 aromatic carbocycles. The average Bonchev–Trinajstić information content (AvgIpc) is 2.56. The normalized spacial score (nSPS) is 15.2. The quantitative estimate of drug-likeness (QED) is 0.856. The Morgan fingerprint density at radius 3 is 2.79 bits per heavy atom. The van der Waals surface area contributed by atoms with E-state index in [2.05, 4.69) is 22.8 Å². The summed E-state index contributed by atoms with van der Waals surface area (Å²) in [4.78, 5) is 10.9. The van der Waals surface area contributed by atoms with Crippen molar-refractivity contribution in [2.75, 3.05) is 0 Å². The molecule has 1 aromatic heterocycles. The number of hydrogen-bond acceptors (Lipinski definition) is 1. The van der Waals surface area contributed by atoms with Crippen LogP contribution in [0.2, 0.25) is 0 Å². The molecule has 0 unspecified atom stereocenters. The first-order chi connectivity index (χ1) is 9.27. The van der Waals surface area contributed by atoms with Gasteiger partial charge in [-0.1, -0.05) is 24.6 Å². The van der Waals surface area contributed by atoms with Gasteiger partial charge in [0.05, 0.1) is 6.42 Å². The Labute approximate surface area is 112 Å². The molecular formula is C16H19NO2. The highest BCUT2D eigenvalue weighted by atomic mass is 16.4. The van der Waals surface area contributed by atoms with Crippen molar-refractivity contribution < 1.29 is 9.90 Å². The van der Waals surface area contributed by atoms with Gasteiger partial charge in [-0.15, -0.1) is 0 Å². The van der Waals surface area contributed by atoms with E-state index in [0.29, 0.717) is 6.54 Å². The summed E-state index contributed by atoms with van der Waals surface area (Å²) in [6.45, 7) is 0.588. The Hall–Kier alpha value is -1.77. The highest BCUT2D eigenvalue weighted by molar-refractivity contribution is 5.86. The summed E-state index contributed by atoms with van der Waals surface area (Å²) in [7, 11) is 0. The minimum Gasteiger partial charge on any atom is -0.481 e. The Morgan fingerprint density at radius 2 is 1.95 bits per heavy atom. The summed E-state index contributed by atoms with van der Waals surface area (Å²) in [6, 6.07) is 8.41. The van der Waals surface area contributed by atoms with Gasteiger partial charge in [-0.25, -0.2) is 0 Å². The highest BCUT2D eigenvalue weighted by Gasteiger charge is 2.18. The SMILES string of the molecule is O=C(O)CCn1c2c(c3ccccc31)CCCCC2. The van der Waals surface area contributed by atoms with Crippen LogP contribution in [0.5, 0.6) is 0 Å². The molecule has 0 amide bonds. The number of fused-ring (bicyclic) bond motifs is 3. The van der Waals surface area contributed by atoms with E-state index < -0.39 is 5.97 Å². The zero-order valence-electron chi connectivity index (χ0n) is 11.1. The number of carboxylic acid groups (broad SMARTS) is 1. The maximum Gasteiger partial charge on any atom is 0.305 e. The molecule has 100 valence electrons. The standard InChI is InChI=1S/C16H19NO2/c18-16(19)10-11-17-14-8-3-1-2-6-12(14)13-7-4-5-9-15(13)17/h4-5,7,9H,1-3,6,8,10-11H2,(H,18,19). The number of aliphatic carboxylic acids is 1. The molecule has 0 radical (unpaired) electrons. The van der Waals surface area contributed by atoms with Crippen LogP contribution in [0, 0.1) is 0 Å². The van der Waals surface area contributed by atoms with Gasteiger partial charge < -0.3 is 9.67 Å². The summed E-state index contributed by atoms with van der Waals surface area (Å²) in [5.41, 5.74) is 4.04. The van der Waals surface area contributed by atoms with Crippen LogP contribution in [0.25, 0.3) is 10.9 Å². The molecule has 3 rings (SSSR count). The Kier molecular flexibility index (Phi) is 3.28. The fraction of sp³-hybridized carbons (Fsp3) is 0.438. The summed E-state index contributed by atoms with van der Waals surface area (Å²) >= 11 is 0. The minimum absolute atomic E-state index is 0.200. The molecule has 0 atom stereocenters. The van der Waals surface area contributed by atoms with Gasteiger partial charge in [-0.05, 0) is 37.3 Å². The lowest BCUT2D eigenvalue weighted by atomic mass is 10.1. The molecule has 0 spiro atoms. The topological polar surface area (TPSA) is 42.2 Å². The molecule has 0 saturated carbocycles. The van der Waals surface area contributed by atoms with E-state index in [1.807, 2.05) is 6.07 Å². The molecule has 3 nitrogen and oxygen atoms in total.